The first-order valence-electron chi connectivity index (χ1n) is 10.2. The van der Waals surface area contributed by atoms with Crippen LogP contribution in [0.1, 0.15) is 120 Å². The van der Waals surface area contributed by atoms with Crippen LogP contribution in [-0.4, -0.2) is 5.16 Å². The lowest BCUT2D eigenvalue weighted by molar-refractivity contribution is 0.177. The normalized spacial score (nSPS) is 26.8. The van der Waals surface area contributed by atoms with Crippen LogP contribution in [0.5, 0.6) is 0 Å². The molecule has 1 aromatic heterocycles. The Balaban J connectivity index is 1.62. The quantitative estimate of drug-likeness (QED) is 0.502. The molecule has 0 aliphatic heterocycles. The smallest absolute Gasteiger partial charge is 0.143 e. The lowest BCUT2D eigenvalue weighted by atomic mass is 9.68. The summed E-state index contributed by atoms with van der Waals surface area (Å²) in [6.07, 6.45) is 12.1. The Morgan fingerprint density at radius 1 is 1.09 bits per heavy atom. The summed E-state index contributed by atoms with van der Waals surface area (Å²) in [4.78, 5) is 0. The molecule has 1 heterocycles. The molecule has 0 radical (unpaired) electrons. The zero-order valence-corrected chi connectivity index (χ0v) is 15.6. The average Bonchev–Trinajstić information content (AvgIpc) is 3.27. The second kappa shape index (κ2) is 7.40. The molecule has 2 aliphatic rings. The van der Waals surface area contributed by atoms with E-state index in [1.54, 1.807) is 0 Å². The minimum Gasteiger partial charge on any atom is -0.361 e. The number of hydrogen-bond acceptors (Lipinski definition) is 2. The summed E-state index contributed by atoms with van der Waals surface area (Å²) in [6, 6.07) is 0. The lowest BCUT2D eigenvalue weighted by Crippen LogP contribution is -2.24. The van der Waals surface area contributed by atoms with Crippen molar-refractivity contribution in [1.29, 1.82) is 0 Å². The van der Waals surface area contributed by atoms with Crippen LogP contribution in [0.3, 0.4) is 0 Å². The fourth-order valence-corrected chi connectivity index (χ4v) is 4.46. The summed E-state index contributed by atoms with van der Waals surface area (Å²) < 4.78 is 5.90. The first-order chi connectivity index (χ1) is 11.2. The van der Waals surface area contributed by atoms with Crippen molar-refractivity contribution in [3.8, 4) is 0 Å². The Labute approximate surface area is 142 Å². The van der Waals surface area contributed by atoms with Crippen LogP contribution in [0.4, 0.5) is 0 Å². The van der Waals surface area contributed by atoms with Gasteiger partial charge in [-0.2, -0.15) is 0 Å². The Kier molecular flexibility index (Phi) is 5.49. The molecule has 23 heavy (non-hydrogen) atoms. The topological polar surface area (TPSA) is 26.0 Å². The van der Waals surface area contributed by atoms with Crippen LogP contribution in [0.2, 0.25) is 0 Å². The molecule has 130 valence electrons. The van der Waals surface area contributed by atoms with Gasteiger partial charge in [0.05, 0.1) is 5.69 Å². The summed E-state index contributed by atoms with van der Waals surface area (Å²) in [5.74, 6) is 5.14. The zero-order chi connectivity index (χ0) is 16.4. The SMILES string of the molecule is CCCC(CC)CC1CC(c2onc(C(C)CC)c2C2CC2)C1. The number of rotatable bonds is 9. The van der Waals surface area contributed by atoms with Crippen LogP contribution < -0.4 is 0 Å². The summed E-state index contributed by atoms with van der Waals surface area (Å²) in [7, 11) is 0. The van der Waals surface area contributed by atoms with Gasteiger partial charge in [-0.15, -0.1) is 0 Å². The van der Waals surface area contributed by atoms with Gasteiger partial charge in [-0.25, -0.2) is 0 Å². The maximum absolute atomic E-state index is 5.90. The van der Waals surface area contributed by atoms with E-state index in [0.29, 0.717) is 11.8 Å². The van der Waals surface area contributed by atoms with Crippen molar-refractivity contribution in [3.63, 3.8) is 0 Å². The van der Waals surface area contributed by atoms with Crippen molar-refractivity contribution in [2.45, 2.75) is 103 Å². The second-order valence-electron chi connectivity index (χ2n) is 8.26. The van der Waals surface area contributed by atoms with Gasteiger partial charge in [0.25, 0.3) is 0 Å². The van der Waals surface area contributed by atoms with Crippen molar-refractivity contribution in [2.24, 2.45) is 11.8 Å². The first-order valence-corrected chi connectivity index (χ1v) is 10.2. The Morgan fingerprint density at radius 2 is 1.83 bits per heavy atom. The molecule has 2 saturated carbocycles. The summed E-state index contributed by atoms with van der Waals surface area (Å²) in [5.41, 5.74) is 2.81. The molecule has 3 rings (SSSR count). The molecule has 0 spiro atoms. The van der Waals surface area contributed by atoms with Crippen LogP contribution in [0, 0.1) is 11.8 Å². The van der Waals surface area contributed by atoms with E-state index in [-0.39, 0.29) is 0 Å². The molecule has 2 aliphatic carbocycles. The zero-order valence-electron chi connectivity index (χ0n) is 15.6. The minimum absolute atomic E-state index is 0.549. The van der Waals surface area contributed by atoms with Gasteiger partial charge in [-0.1, -0.05) is 52.1 Å². The van der Waals surface area contributed by atoms with E-state index < -0.39 is 0 Å². The molecule has 0 bridgehead atoms. The van der Waals surface area contributed by atoms with Crippen LogP contribution in [-0.2, 0) is 0 Å². The van der Waals surface area contributed by atoms with Crippen molar-refractivity contribution in [2.75, 3.05) is 0 Å². The van der Waals surface area contributed by atoms with E-state index in [1.165, 1.54) is 68.4 Å². The fraction of sp³-hybridized carbons (Fsp3) is 0.857. The van der Waals surface area contributed by atoms with Gasteiger partial charge in [-0.05, 0) is 56.3 Å². The van der Waals surface area contributed by atoms with E-state index in [9.17, 15) is 0 Å². The Bertz CT molecular complexity index is 496. The number of nitrogens with zero attached hydrogens (tertiary/aromatic N) is 1. The van der Waals surface area contributed by atoms with Gasteiger partial charge in [0.1, 0.15) is 5.76 Å². The standard InChI is InChI=1S/C21H35NO/c1-5-8-15(7-3)11-16-12-18(13-16)21-19(17-9-10-17)20(22-23-21)14(4)6-2/h14-18H,5-13H2,1-4H3. The predicted octanol–water partition coefficient (Wildman–Crippen LogP) is 6.78. The van der Waals surface area contributed by atoms with Crippen molar-refractivity contribution >= 4 is 0 Å². The van der Waals surface area contributed by atoms with E-state index >= 15 is 0 Å². The molecule has 2 atom stereocenters. The van der Waals surface area contributed by atoms with Crippen LogP contribution >= 0.6 is 0 Å². The molecule has 0 saturated heterocycles. The minimum atomic E-state index is 0.549. The molecular formula is C21H35NO. The van der Waals surface area contributed by atoms with Gasteiger partial charge < -0.3 is 4.52 Å². The Hall–Kier alpha value is -0.790. The largest absolute Gasteiger partial charge is 0.361 e. The van der Waals surface area contributed by atoms with Gasteiger partial charge in [0.2, 0.25) is 0 Å². The first kappa shape index (κ1) is 17.0. The molecule has 2 heteroatoms. The summed E-state index contributed by atoms with van der Waals surface area (Å²) in [6.45, 7) is 9.23. The maximum atomic E-state index is 5.90. The van der Waals surface area contributed by atoms with Gasteiger partial charge in [0, 0.05) is 17.4 Å². The number of aromatic nitrogens is 1. The summed E-state index contributed by atoms with van der Waals surface area (Å²) in [5, 5.41) is 4.51. The molecule has 2 nitrogen and oxygen atoms in total. The molecule has 2 unspecified atom stereocenters. The highest BCUT2D eigenvalue weighted by atomic mass is 16.5. The molecule has 1 aromatic rings. The van der Waals surface area contributed by atoms with Gasteiger partial charge >= 0.3 is 0 Å². The highest BCUT2D eigenvalue weighted by Crippen LogP contribution is 2.52. The molecule has 0 aromatic carbocycles. The van der Waals surface area contributed by atoms with Crippen molar-refractivity contribution in [1.82, 2.24) is 5.16 Å². The molecule has 0 N–H and O–H groups in total. The van der Waals surface area contributed by atoms with Crippen LogP contribution in [0.25, 0.3) is 0 Å². The van der Waals surface area contributed by atoms with E-state index in [0.717, 1.165) is 24.2 Å². The molecular weight excluding hydrogens is 282 g/mol. The highest BCUT2D eigenvalue weighted by Gasteiger charge is 2.40. The third-order valence-corrected chi connectivity index (χ3v) is 6.40. The Morgan fingerprint density at radius 3 is 2.39 bits per heavy atom. The third-order valence-electron chi connectivity index (χ3n) is 6.40. The van der Waals surface area contributed by atoms with Crippen molar-refractivity contribution in [3.05, 3.63) is 17.0 Å². The molecule has 2 fully saturated rings. The summed E-state index contributed by atoms with van der Waals surface area (Å²) >= 11 is 0. The maximum Gasteiger partial charge on any atom is 0.143 e. The third kappa shape index (κ3) is 3.67. The lowest BCUT2D eigenvalue weighted by Gasteiger charge is -2.36. The molecule has 0 amide bonds. The van der Waals surface area contributed by atoms with Crippen molar-refractivity contribution < 1.29 is 4.52 Å². The average molecular weight is 318 g/mol. The van der Waals surface area contributed by atoms with E-state index in [1.807, 2.05) is 0 Å². The fourth-order valence-electron chi connectivity index (χ4n) is 4.46. The van der Waals surface area contributed by atoms with E-state index in [4.69, 9.17) is 4.52 Å². The van der Waals surface area contributed by atoms with Gasteiger partial charge in [-0.3, -0.25) is 0 Å². The van der Waals surface area contributed by atoms with E-state index in [2.05, 4.69) is 32.9 Å². The number of hydrogen-bond donors (Lipinski definition) is 0. The van der Waals surface area contributed by atoms with Gasteiger partial charge in [0.15, 0.2) is 0 Å². The highest BCUT2D eigenvalue weighted by molar-refractivity contribution is 5.35. The predicted molar refractivity (Wildman–Crippen MR) is 96.0 cm³/mol. The monoisotopic (exact) mass is 317 g/mol. The second-order valence-corrected chi connectivity index (χ2v) is 8.26. The van der Waals surface area contributed by atoms with Crippen LogP contribution in [0.15, 0.2) is 4.52 Å².